The van der Waals surface area contributed by atoms with E-state index >= 15 is 0 Å². The lowest BCUT2D eigenvalue weighted by atomic mass is 10.1. The SMILES string of the molecule is NCCc1cc(-c2ccccc2)ccn1. The van der Waals surface area contributed by atoms with Crippen LogP contribution in [0, 0.1) is 0 Å². The highest BCUT2D eigenvalue weighted by molar-refractivity contribution is 5.63. The Balaban J connectivity index is 2.33. The molecule has 0 spiro atoms. The first-order valence-electron chi connectivity index (χ1n) is 5.10. The topological polar surface area (TPSA) is 38.9 Å². The molecule has 0 radical (unpaired) electrons. The van der Waals surface area contributed by atoms with E-state index < -0.39 is 0 Å². The standard InChI is InChI=1S/C13H14N2/c14-8-6-13-10-12(7-9-15-13)11-4-2-1-3-5-11/h1-5,7,9-10H,6,8,14H2. The molecule has 2 N–H and O–H groups in total. The average molecular weight is 198 g/mol. The number of benzene rings is 1. The summed E-state index contributed by atoms with van der Waals surface area (Å²) in [5.41, 5.74) is 8.99. The molecule has 0 saturated heterocycles. The number of aromatic nitrogens is 1. The summed E-state index contributed by atoms with van der Waals surface area (Å²) in [4.78, 5) is 4.27. The zero-order valence-electron chi connectivity index (χ0n) is 8.56. The Bertz CT molecular complexity index is 424. The molecule has 1 aromatic carbocycles. The maximum absolute atomic E-state index is 5.51. The molecule has 0 bridgehead atoms. The van der Waals surface area contributed by atoms with Gasteiger partial charge in [0.05, 0.1) is 0 Å². The third-order valence-corrected chi connectivity index (χ3v) is 2.32. The van der Waals surface area contributed by atoms with E-state index in [4.69, 9.17) is 5.73 Å². The van der Waals surface area contributed by atoms with Crippen molar-refractivity contribution in [3.05, 3.63) is 54.4 Å². The maximum Gasteiger partial charge on any atom is 0.0422 e. The minimum Gasteiger partial charge on any atom is -0.330 e. The molecule has 2 rings (SSSR count). The van der Waals surface area contributed by atoms with E-state index in [2.05, 4.69) is 23.2 Å². The van der Waals surface area contributed by atoms with Gasteiger partial charge < -0.3 is 5.73 Å². The monoisotopic (exact) mass is 198 g/mol. The minimum absolute atomic E-state index is 0.644. The molecule has 1 heterocycles. The van der Waals surface area contributed by atoms with Crippen LogP contribution in [0.25, 0.3) is 11.1 Å². The third-order valence-electron chi connectivity index (χ3n) is 2.32. The number of nitrogens with two attached hydrogens (primary N) is 1. The third kappa shape index (κ3) is 2.42. The van der Waals surface area contributed by atoms with Gasteiger partial charge in [0.25, 0.3) is 0 Å². The van der Waals surface area contributed by atoms with Crippen LogP contribution in [0.2, 0.25) is 0 Å². The molecule has 2 heteroatoms. The Morgan fingerprint density at radius 1 is 1.00 bits per heavy atom. The van der Waals surface area contributed by atoms with Crippen molar-refractivity contribution in [2.75, 3.05) is 6.54 Å². The van der Waals surface area contributed by atoms with Crippen molar-refractivity contribution in [3.8, 4) is 11.1 Å². The lowest BCUT2D eigenvalue weighted by Gasteiger charge is -2.03. The molecule has 0 fully saturated rings. The summed E-state index contributed by atoms with van der Waals surface area (Å²) in [5, 5.41) is 0. The molecular formula is C13H14N2. The fourth-order valence-electron chi connectivity index (χ4n) is 1.57. The zero-order valence-corrected chi connectivity index (χ0v) is 8.56. The molecule has 0 atom stereocenters. The molecule has 2 nitrogen and oxygen atoms in total. The largest absolute Gasteiger partial charge is 0.330 e. The summed E-state index contributed by atoms with van der Waals surface area (Å²) in [7, 11) is 0. The van der Waals surface area contributed by atoms with Gasteiger partial charge in [0.2, 0.25) is 0 Å². The van der Waals surface area contributed by atoms with Gasteiger partial charge in [-0.05, 0) is 29.8 Å². The van der Waals surface area contributed by atoms with Crippen molar-refractivity contribution < 1.29 is 0 Å². The fourth-order valence-corrected chi connectivity index (χ4v) is 1.57. The second-order valence-electron chi connectivity index (χ2n) is 3.44. The first kappa shape index (κ1) is 9.87. The Kier molecular flexibility index (Phi) is 3.10. The molecule has 1 aromatic heterocycles. The number of nitrogens with zero attached hydrogens (tertiary/aromatic N) is 1. The number of hydrogen-bond acceptors (Lipinski definition) is 2. The van der Waals surface area contributed by atoms with E-state index in [0.29, 0.717) is 6.54 Å². The Morgan fingerprint density at radius 3 is 2.53 bits per heavy atom. The summed E-state index contributed by atoms with van der Waals surface area (Å²) in [6, 6.07) is 14.4. The van der Waals surface area contributed by atoms with Crippen molar-refractivity contribution in [1.29, 1.82) is 0 Å². The molecule has 0 saturated carbocycles. The van der Waals surface area contributed by atoms with Gasteiger partial charge in [-0.15, -0.1) is 0 Å². The minimum atomic E-state index is 0.644. The molecule has 0 aliphatic carbocycles. The van der Waals surface area contributed by atoms with E-state index in [-0.39, 0.29) is 0 Å². The van der Waals surface area contributed by atoms with Crippen molar-refractivity contribution in [2.24, 2.45) is 5.73 Å². The van der Waals surface area contributed by atoms with Gasteiger partial charge in [0, 0.05) is 18.3 Å². The average Bonchev–Trinajstić information content (AvgIpc) is 2.31. The molecule has 0 amide bonds. The first-order valence-corrected chi connectivity index (χ1v) is 5.10. The summed E-state index contributed by atoms with van der Waals surface area (Å²) in [5.74, 6) is 0. The van der Waals surface area contributed by atoms with Crippen LogP contribution >= 0.6 is 0 Å². The van der Waals surface area contributed by atoms with Crippen LogP contribution in [0.5, 0.6) is 0 Å². The summed E-state index contributed by atoms with van der Waals surface area (Å²) in [6.45, 7) is 0.644. The fraction of sp³-hybridized carbons (Fsp3) is 0.154. The van der Waals surface area contributed by atoms with Crippen LogP contribution in [-0.2, 0) is 6.42 Å². The summed E-state index contributed by atoms with van der Waals surface area (Å²) < 4.78 is 0. The normalized spacial score (nSPS) is 10.2. The van der Waals surface area contributed by atoms with Crippen LogP contribution in [0.15, 0.2) is 48.7 Å². The Morgan fingerprint density at radius 2 is 1.80 bits per heavy atom. The van der Waals surface area contributed by atoms with Crippen LogP contribution in [0.1, 0.15) is 5.69 Å². The Labute approximate surface area is 89.8 Å². The Hall–Kier alpha value is -1.67. The lowest BCUT2D eigenvalue weighted by Crippen LogP contribution is -2.04. The molecular weight excluding hydrogens is 184 g/mol. The molecule has 0 aliphatic heterocycles. The van der Waals surface area contributed by atoms with Gasteiger partial charge in [-0.1, -0.05) is 30.3 Å². The van der Waals surface area contributed by atoms with Gasteiger partial charge in [-0.25, -0.2) is 0 Å². The highest BCUT2D eigenvalue weighted by Crippen LogP contribution is 2.18. The predicted molar refractivity (Wildman–Crippen MR) is 62.4 cm³/mol. The summed E-state index contributed by atoms with van der Waals surface area (Å²) in [6.07, 6.45) is 2.67. The van der Waals surface area contributed by atoms with Gasteiger partial charge in [0.15, 0.2) is 0 Å². The molecule has 0 aliphatic rings. The van der Waals surface area contributed by atoms with E-state index in [1.54, 1.807) is 0 Å². The number of rotatable bonds is 3. The second-order valence-corrected chi connectivity index (χ2v) is 3.44. The van der Waals surface area contributed by atoms with Gasteiger partial charge in [-0.2, -0.15) is 0 Å². The highest BCUT2D eigenvalue weighted by Gasteiger charge is 1.98. The molecule has 76 valence electrons. The number of pyridine rings is 1. The lowest BCUT2D eigenvalue weighted by molar-refractivity contribution is 0.924. The summed E-state index contributed by atoms with van der Waals surface area (Å²) >= 11 is 0. The van der Waals surface area contributed by atoms with Gasteiger partial charge >= 0.3 is 0 Å². The van der Waals surface area contributed by atoms with Crippen LogP contribution in [-0.4, -0.2) is 11.5 Å². The van der Waals surface area contributed by atoms with E-state index in [0.717, 1.165) is 12.1 Å². The molecule has 15 heavy (non-hydrogen) atoms. The van der Waals surface area contributed by atoms with Crippen LogP contribution < -0.4 is 5.73 Å². The van der Waals surface area contributed by atoms with Gasteiger partial charge in [-0.3, -0.25) is 4.98 Å². The van der Waals surface area contributed by atoms with E-state index in [1.807, 2.05) is 30.5 Å². The molecule has 0 unspecified atom stereocenters. The molecule has 2 aromatic rings. The second kappa shape index (κ2) is 4.71. The van der Waals surface area contributed by atoms with E-state index in [9.17, 15) is 0 Å². The highest BCUT2D eigenvalue weighted by atomic mass is 14.7. The quantitative estimate of drug-likeness (QED) is 0.821. The van der Waals surface area contributed by atoms with Crippen molar-refractivity contribution in [1.82, 2.24) is 4.98 Å². The smallest absolute Gasteiger partial charge is 0.0422 e. The predicted octanol–water partition coefficient (Wildman–Crippen LogP) is 2.25. The van der Waals surface area contributed by atoms with Gasteiger partial charge in [0.1, 0.15) is 0 Å². The van der Waals surface area contributed by atoms with Crippen LogP contribution in [0.3, 0.4) is 0 Å². The first-order chi connectivity index (χ1) is 7.40. The van der Waals surface area contributed by atoms with Crippen molar-refractivity contribution in [2.45, 2.75) is 6.42 Å². The van der Waals surface area contributed by atoms with Crippen molar-refractivity contribution in [3.63, 3.8) is 0 Å². The number of hydrogen-bond donors (Lipinski definition) is 1. The van der Waals surface area contributed by atoms with E-state index in [1.165, 1.54) is 11.1 Å². The maximum atomic E-state index is 5.51. The van der Waals surface area contributed by atoms with Crippen molar-refractivity contribution >= 4 is 0 Å². The van der Waals surface area contributed by atoms with Crippen LogP contribution in [0.4, 0.5) is 0 Å². The zero-order chi connectivity index (χ0) is 10.5.